The average molecular weight is 343 g/mol. The highest BCUT2D eigenvalue weighted by atomic mass is 32.2. The topological polar surface area (TPSA) is 64.1 Å². The third-order valence-corrected chi connectivity index (χ3v) is 4.92. The van der Waals surface area contributed by atoms with E-state index in [1.165, 1.54) is 35.7 Å². The molecule has 0 saturated carbocycles. The summed E-state index contributed by atoms with van der Waals surface area (Å²) < 4.78 is 5.73. The molecule has 0 fully saturated rings. The molecule has 1 aromatic heterocycles. The highest BCUT2D eigenvalue weighted by Crippen LogP contribution is 2.25. The number of thioether (sulfide) groups is 1. The number of carbonyl (C=O) groups is 1. The summed E-state index contributed by atoms with van der Waals surface area (Å²) >= 11 is 1.34. The normalized spacial score (nSPS) is 14.0. The second-order valence-corrected chi connectivity index (χ2v) is 7.02. The molecule has 126 valence electrons. The van der Waals surface area contributed by atoms with Gasteiger partial charge in [-0.25, -0.2) is 9.97 Å². The lowest BCUT2D eigenvalue weighted by atomic mass is 10.1. The number of benzene rings is 1. The van der Waals surface area contributed by atoms with Crippen molar-refractivity contribution in [1.82, 2.24) is 15.3 Å². The molecule has 6 heteroatoms. The van der Waals surface area contributed by atoms with Crippen molar-refractivity contribution in [3.8, 4) is 5.75 Å². The minimum absolute atomic E-state index is 0.0370. The van der Waals surface area contributed by atoms with E-state index in [0.717, 1.165) is 12.2 Å². The average Bonchev–Trinajstić information content (AvgIpc) is 3.07. The van der Waals surface area contributed by atoms with Crippen molar-refractivity contribution in [3.63, 3.8) is 0 Å². The maximum Gasteiger partial charge on any atom is 0.233 e. The van der Waals surface area contributed by atoms with E-state index < -0.39 is 0 Å². The van der Waals surface area contributed by atoms with Crippen molar-refractivity contribution in [1.29, 1.82) is 0 Å². The van der Waals surface area contributed by atoms with Crippen LogP contribution in [0.25, 0.3) is 0 Å². The molecule has 2 aromatic rings. The molecule has 1 aliphatic carbocycles. The number of amides is 1. The van der Waals surface area contributed by atoms with Gasteiger partial charge in [-0.2, -0.15) is 0 Å². The van der Waals surface area contributed by atoms with Gasteiger partial charge in [-0.05, 0) is 55.5 Å². The first-order chi connectivity index (χ1) is 11.7. The standard InChI is InChI=1S/C18H21N3O2S/c1-13(24-18-20-8-3-9-21-18)17(22)19-10-11-23-16-7-6-14-4-2-5-15(14)12-16/h3,6-9,12-13H,2,4-5,10-11H2,1H3,(H,19,22). The Morgan fingerprint density at radius 1 is 1.29 bits per heavy atom. The Hall–Kier alpha value is -2.08. The van der Waals surface area contributed by atoms with E-state index in [9.17, 15) is 4.79 Å². The lowest BCUT2D eigenvalue weighted by molar-refractivity contribution is -0.120. The fraction of sp³-hybridized carbons (Fsp3) is 0.389. The van der Waals surface area contributed by atoms with Crippen molar-refractivity contribution < 1.29 is 9.53 Å². The Morgan fingerprint density at radius 2 is 2.08 bits per heavy atom. The van der Waals surface area contributed by atoms with Crippen LogP contribution in [-0.4, -0.2) is 34.3 Å². The van der Waals surface area contributed by atoms with E-state index in [1.54, 1.807) is 18.5 Å². The highest BCUT2D eigenvalue weighted by molar-refractivity contribution is 8.00. The number of aromatic nitrogens is 2. The summed E-state index contributed by atoms with van der Waals surface area (Å²) in [6, 6.07) is 8.03. The molecule has 0 bridgehead atoms. The maximum absolute atomic E-state index is 12.1. The van der Waals surface area contributed by atoms with Gasteiger partial charge < -0.3 is 10.1 Å². The van der Waals surface area contributed by atoms with Crippen LogP contribution in [0.1, 0.15) is 24.5 Å². The van der Waals surface area contributed by atoms with Crippen LogP contribution in [0.3, 0.4) is 0 Å². The lowest BCUT2D eigenvalue weighted by Gasteiger charge is -2.12. The first-order valence-corrected chi connectivity index (χ1v) is 9.06. The van der Waals surface area contributed by atoms with E-state index in [1.807, 2.05) is 13.0 Å². The summed E-state index contributed by atoms with van der Waals surface area (Å²) in [4.78, 5) is 20.3. The molecule has 1 unspecified atom stereocenters. The van der Waals surface area contributed by atoms with Crippen LogP contribution in [0, 0.1) is 0 Å². The first-order valence-electron chi connectivity index (χ1n) is 8.18. The zero-order valence-corrected chi connectivity index (χ0v) is 14.5. The van der Waals surface area contributed by atoms with E-state index in [0.29, 0.717) is 18.3 Å². The van der Waals surface area contributed by atoms with E-state index >= 15 is 0 Å². The van der Waals surface area contributed by atoms with Gasteiger partial charge in [0.05, 0.1) is 11.8 Å². The van der Waals surface area contributed by atoms with Crippen molar-refractivity contribution in [3.05, 3.63) is 47.8 Å². The van der Waals surface area contributed by atoms with Crippen molar-refractivity contribution >= 4 is 17.7 Å². The molecular formula is C18H21N3O2S. The number of nitrogens with one attached hydrogen (secondary N) is 1. The number of nitrogens with zero attached hydrogens (tertiary/aromatic N) is 2. The Labute approximate surface area is 146 Å². The van der Waals surface area contributed by atoms with Gasteiger partial charge in [-0.1, -0.05) is 17.8 Å². The zero-order chi connectivity index (χ0) is 16.8. The molecule has 0 saturated heterocycles. The minimum atomic E-state index is -0.243. The first kappa shape index (κ1) is 16.8. The summed E-state index contributed by atoms with van der Waals surface area (Å²) in [5.41, 5.74) is 2.83. The van der Waals surface area contributed by atoms with Crippen LogP contribution in [0.4, 0.5) is 0 Å². The SMILES string of the molecule is CC(Sc1ncccn1)C(=O)NCCOc1ccc2c(c1)CCC2. The third kappa shape index (κ3) is 4.47. The van der Waals surface area contributed by atoms with Gasteiger partial charge in [-0.15, -0.1) is 0 Å². The van der Waals surface area contributed by atoms with E-state index in [2.05, 4.69) is 27.4 Å². The molecule has 0 aliphatic heterocycles. The van der Waals surface area contributed by atoms with Crippen LogP contribution in [0.5, 0.6) is 5.75 Å². The van der Waals surface area contributed by atoms with Crippen molar-refractivity contribution in [2.24, 2.45) is 0 Å². The van der Waals surface area contributed by atoms with Crippen LogP contribution >= 0.6 is 11.8 Å². The molecule has 1 aliphatic rings. The summed E-state index contributed by atoms with van der Waals surface area (Å²) in [6.07, 6.45) is 6.89. The summed E-state index contributed by atoms with van der Waals surface area (Å²) in [5.74, 6) is 0.843. The zero-order valence-electron chi connectivity index (χ0n) is 13.7. The molecule has 1 atom stereocenters. The molecule has 3 rings (SSSR count). The monoisotopic (exact) mass is 343 g/mol. The highest BCUT2D eigenvalue weighted by Gasteiger charge is 2.15. The molecule has 24 heavy (non-hydrogen) atoms. The molecule has 1 heterocycles. The number of carbonyl (C=O) groups excluding carboxylic acids is 1. The fourth-order valence-corrected chi connectivity index (χ4v) is 3.43. The molecule has 5 nitrogen and oxygen atoms in total. The number of fused-ring (bicyclic) bond motifs is 1. The second-order valence-electron chi connectivity index (χ2n) is 5.72. The Balaban J connectivity index is 1.39. The number of hydrogen-bond donors (Lipinski definition) is 1. The van der Waals surface area contributed by atoms with Crippen LogP contribution < -0.4 is 10.1 Å². The number of ether oxygens (including phenoxy) is 1. The number of aryl methyl sites for hydroxylation is 2. The van der Waals surface area contributed by atoms with Gasteiger partial charge in [0.15, 0.2) is 5.16 Å². The van der Waals surface area contributed by atoms with E-state index in [4.69, 9.17) is 4.74 Å². The molecule has 1 amide bonds. The van der Waals surface area contributed by atoms with Gasteiger partial charge in [0.2, 0.25) is 5.91 Å². The number of hydrogen-bond acceptors (Lipinski definition) is 5. The van der Waals surface area contributed by atoms with Gasteiger partial charge in [0, 0.05) is 12.4 Å². The van der Waals surface area contributed by atoms with Crippen LogP contribution in [0.2, 0.25) is 0 Å². The quantitative estimate of drug-likeness (QED) is 0.476. The Bertz CT molecular complexity index is 694. The second kappa shape index (κ2) is 8.15. The molecular weight excluding hydrogens is 322 g/mol. The number of rotatable bonds is 7. The molecule has 0 radical (unpaired) electrons. The molecule has 1 aromatic carbocycles. The Morgan fingerprint density at radius 3 is 2.92 bits per heavy atom. The maximum atomic E-state index is 12.1. The Kier molecular flexibility index (Phi) is 5.69. The van der Waals surface area contributed by atoms with Gasteiger partial charge in [-0.3, -0.25) is 4.79 Å². The summed E-state index contributed by atoms with van der Waals surface area (Å²) in [7, 11) is 0. The van der Waals surface area contributed by atoms with E-state index in [-0.39, 0.29) is 11.2 Å². The van der Waals surface area contributed by atoms with Crippen LogP contribution in [0.15, 0.2) is 41.8 Å². The molecule has 0 spiro atoms. The lowest BCUT2D eigenvalue weighted by Crippen LogP contribution is -2.34. The van der Waals surface area contributed by atoms with Gasteiger partial charge in [0.25, 0.3) is 0 Å². The predicted molar refractivity (Wildman–Crippen MR) is 94.3 cm³/mol. The summed E-state index contributed by atoms with van der Waals surface area (Å²) in [6.45, 7) is 2.79. The summed E-state index contributed by atoms with van der Waals surface area (Å²) in [5, 5.41) is 3.25. The molecule has 1 N–H and O–H groups in total. The van der Waals surface area contributed by atoms with Crippen LogP contribution in [-0.2, 0) is 17.6 Å². The van der Waals surface area contributed by atoms with Crippen molar-refractivity contribution in [2.75, 3.05) is 13.2 Å². The fourth-order valence-electron chi connectivity index (χ4n) is 2.68. The largest absolute Gasteiger partial charge is 0.492 e. The third-order valence-electron chi connectivity index (χ3n) is 3.93. The predicted octanol–water partition coefficient (Wildman–Crippen LogP) is 2.64. The minimum Gasteiger partial charge on any atom is -0.492 e. The van der Waals surface area contributed by atoms with Crippen molar-refractivity contribution in [2.45, 2.75) is 36.6 Å². The smallest absolute Gasteiger partial charge is 0.233 e. The van der Waals surface area contributed by atoms with Gasteiger partial charge in [0.1, 0.15) is 12.4 Å². The van der Waals surface area contributed by atoms with Gasteiger partial charge >= 0.3 is 0 Å².